The highest BCUT2D eigenvalue weighted by molar-refractivity contribution is 6.04. The van der Waals surface area contributed by atoms with Gasteiger partial charge in [0, 0.05) is 5.56 Å². The van der Waals surface area contributed by atoms with Gasteiger partial charge in [0.2, 0.25) is 0 Å². The molecule has 0 saturated carbocycles. The summed E-state index contributed by atoms with van der Waals surface area (Å²) in [5.74, 6) is -1.82. The van der Waals surface area contributed by atoms with Crippen LogP contribution in [0.3, 0.4) is 0 Å². The maximum Gasteiger partial charge on any atom is 0.255 e. The zero-order valence-electron chi connectivity index (χ0n) is 10.2. The molecular formula is C14H12F2N2O. The first-order chi connectivity index (χ1) is 8.97. The van der Waals surface area contributed by atoms with Crippen LogP contribution in [0.15, 0.2) is 36.4 Å². The maximum absolute atomic E-state index is 13.6. The molecule has 0 atom stereocenters. The number of carbonyl (C=O) groups excluding carboxylic acids is 1. The second-order valence-electron chi connectivity index (χ2n) is 4.17. The Morgan fingerprint density at radius 2 is 1.84 bits per heavy atom. The number of nitrogens with one attached hydrogen (secondary N) is 1. The Bertz CT molecular complexity index is 641. The van der Waals surface area contributed by atoms with E-state index in [1.165, 1.54) is 24.3 Å². The van der Waals surface area contributed by atoms with E-state index in [-0.39, 0.29) is 16.9 Å². The van der Waals surface area contributed by atoms with E-state index in [2.05, 4.69) is 5.32 Å². The number of hydrogen-bond donors (Lipinski definition) is 2. The molecular weight excluding hydrogens is 250 g/mol. The average Bonchev–Trinajstić information content (AvgIpc) is 2.36. The molecule has 3 nitrogen and oxygen atoms in total. The highest BCUT2D eigenvalue weighted by atomic mass is 19.1. The molecule has 3 N–H and O–H groups in total. The van der Waals surface area contributed by atoms with Crippen LogP contribution in [0.2, 0.25) is 0 Å². The summed E-state index contributed by atoms with van der Waals surface area (Å²) in [6.45, 7) is 1.74. The summed E-state index contributed by atoms with van der Waals surface area (Å²) in [7, 11) is 0. The second kappa shape index (κ2) is 5.06. The molecule has 5 heteroatoms. The number of hydrogen-bond acceptors (Lipinski definition) is 2. The third-order valence-electron chi connectivity index (χ3n) is 2.64. The number of carbonyl (C=O) groups is 1. The zero-order valence-corrected chi connectivity index (χ0v) is 10.2. The zero-order chi connectivity index (χ0) is 14.0. The monoisotopic (exact) mass is 262 g/mol. The predicted molar refractivity (Wildman–Crippen MR) is 69.9 cm³/mol. The van der Waals surface area contributed by atoms with Gasteiger partial charge in [0.15, 0.2) is 0 Å². The van der Waals surface area contributed by atoms with Gasteiger partial charge in [-0.05, 0) is 42.8 Å². The Kier molecular flexibility index (Phi) is 3.46. The van der Waals surface area contributed by atoms with E-state index in [0.717, 1.165) is 11.6 Å². The average molecular weight is 262 g/mol. The number of halogens is 2. The summed E-state index contributed by atoms with van der Waals surface area (Å²) in [6, 6.07) is 8.10. The molecule has 2 aromatic rings. The van der Waals surface area contributed by atoms with E-state index < -0.39 is 17.5 Å². The molecule has 2 aromatic carbocycles. The van der Waals surface area contributed by atoms with E-state index in [0.29, 0.717) is 0 Å². The molecule has 0 aromatic heterocycles. The van der Waals surface area contributed by atoms with Crippen molar-refractivity contribution in [3.05, 3.63) is 59.2 Å². The predicted octanol–water partition coefficient (Wildman–Crippen LogP) is 3.11. The van der Waals surface area contributed by atoms with Crippen LogP contribution in [0.1, 0.15) is 15.9 Å². The van der Waals surface area contributed by atoms with Gasteiger partial charge in [0.1, 0.15) is 11.6 Å². The first-order valence-corrected chi connectivity index (χ1v) is 5.60. The van der Waals surface area contributed by atoms with Crippen LogP contribution in [0.5, 0.6) is 0 Å². The molecule has 19 heavy (non-hydrogen) atoms. The molecule has 0 fully saturated rings. The quantitative estimate of drug-likeness (QED) is 0.817. The Hall–Kier alpha value is -2.43. The summed E-state index contributed by atoms with van der Waals surface area (Å²) >= 11 is 0. The van der Waals surface area contributed by atoms with Crippen molar-refractivity contribution in [3.63, 3.8) is 0 Å². The Morgan fingerprint density at radius 1 is 1.11 bits per heavy atom. The van der Waals surface area contributed by atoms with Crippen LogP contribution in [-0.2, 0) is 0 Å². The first kappa shape index (κ1) is 13.0. The van der Waals surface area contributed by atoms with Crippen LogP contribution >= 0.6 is 0 Å². The fourth-order valence-electron chi connectivity index (χ4n) is 1.58. The normalized spacial score (nSPS) is 10.3. The van der Waals surface area contributed by atoms with Crippen LogP contribution in [0.4, 0.5) is 20.2 Å². The molecule has 0 radical (unpaired) electrons. The standard InChI is InChI=1S/C14H12F2N2O/c1-8-2-5-13(11(16)6-8)18-14(19)9-3-4-12(17)10(15)7-9/h2-7H,17H2,1H3,(H,18,19). The number of nitrogen functional groups attached to an aromatic ring is 1. The van der Waals surface area contributed by atoms with Gasteiger partial charge in [0.05, 0.1) is 11.4 Å². The van der Waals surface area contributed by atoms with Gasteiger partial charge in [-0.1, -0.05) is 6.07 Å². The van der Waals surface area contributed by atoms with Crippen molar-refractivity contribution in [1.82, 2.24) is 0 Å². The number of rotatable bonds is 2. The van der Waals surface area contributed by atoms with Gasteiger partial charge in [-0.2, -0.15) is 0 Å². The summed E-state index contributed by atoms with van der Waals surface area (Å²) in [6.07, 6.45) is 0. The lowest BCUT2D eigenvalue weighted by Crippen LogP contribution is -2.13. The molecule has 0 aliphatic heterocycles. The van der Waals surface area contributed by atoms with Gasteiger partial charge >= 0.3 is 0 Å². The fraction of sp³-hybridized carbons (Fsp3) is 0.0714. The topological polar surface area (TPSA) is 55.1 Å². The molecule has 0 heterocycles. The van der Waals surface area contributed by atoms with Gasteiger partial charge in [-0.3, -0.25) is 4.79 Å². The van der Waals surface area contributed by atoms with E-state index in [1.807, 2.05) is 0 Å². The lowest BCUT2D eigenvalue weighted by molar-refractivity contribution is 0.102. The largest absolute Gasteiger partial charge is 0.396 e. The van der Waals surface area contributed by atoms with E-state index >= 15 is 0 Å². The van der Waals surface area contributed by atoms with Crippen molar-refractivity contribution in [2.75, 3.05) is 11.1 Å². The van der Waals surface area contributed by atoms with Gasteiger partial charge < -0.3 is 11.1 Å². The van der Waals surface area contributed by atoms with Crippen molar-refractivity contribution < 1.29 is 13.6 Å². The minimum atomic E-state index is -0.683. The van der Waals surface area contributed by atoms with E-state index in [9.17, 15) is 13.6 Å². The van der Waals surface area contributed by atoms with Crippen molar-refractivity contribution in [3.8, 4) is 0 Å². The van der Waals surface area contributed by atoms with Crippen LogP contribution in [0, 0.1) is 18.6 Å². The van der Waals surface area contributed by atoms with Gasteiger partial charge in [-0.15, -0.1) is 0 Å². The van der Waals surface area contributed by atoms with Gasteiger partial charge in [-0.25, -0.2) is 8.78 Å². The third-order valence-corrected chi connectivity index (χ3v) is 2.64. The minimum Gasteiger partial charge on any atom is -0.396 e. The SMILES string of the molecule is Cc1ccc(NC(=O)c2ccc(N)c(F)c2)c(F)c1. The molecule has 0 unspecified atom stereocenters. The minimum absolute atomic E-state index is 0.0435. The number of anilines is 2. The third kappa shape index (κ3) is 2.88. The highest BCUT2D eigenvalue weighted by Gasteiger charge is 2.11. The van der Waals surface area contributed by atoms with Crippen LogP contribution < -0.4 is 11.1 Å². The van der Waals surface area contributed by atoms with Crippen molar-refractivity contribution >= 4 is 17.3 Å². The number of nitrogens with two attached hydrogens (primary N) is 1. The fourth-order valence-corrected chi connectivity index (χ4v) is 1.58. The number of benzene rings is 2. The van der Waals surface area contributed by atoms with Crippen molar-refractivity contribution in [2.45, 2.75) is 6.92 Å². The lowest BCUT2D eigenvalue weighted by atomic mass is 10.1. The Labute approximate surface area is 109 Å². The molecule has 2 rings (SSSR count). The maximum atomic E-state index is 13.6. The summed E-state index contributed by atoms with van der Waals surface area (Å²) in [5.41, 5.74) is 6.14. The molecule has 0 aliphatic rings. The van der Waals surface area contributed by atoms with Crippen LogP contribution in [0.25, 0.3) is 0 Å². The number of aryl methyl sites for hydroxylation is 1. The van der Waals surface area contributed by atoms with E-state index in [1.54, 1.807) is 13.0 Å². The van der Waals surface area contributed by atoms with E-state index in [4.69, 9.17) is 5.73 Å². The summed E-state index contributed by atoms with van der Waals surface area (Å²) in [5, 5.41) is 2.38. The molecule has 0 spiro atoms. The molecule has 0 aliphatic carbocycles. The molecule has 1 amide bonds. The first-order valence-electron chi connectivity index (χ1n) is 5.60. The second-order valence-corrected chi connectivity index (χ2v) is 4.17. The smallest absolute Gasteiger partial charge is 0.255 e. The molecule has 98 valence electrons. The molecule has 0 bridgehead atoms. The number of amides is 1. The lowest BCUT2D eigenvalue weighted by Gasteiger charge is -2.07. The Morgan fingerprint density at radius 3 is 2.47 bits per heavy atom. The van der Waals surface area contributed by atoms with Crippen molar-refractivity contribution in [1.29, 1.82) is 0 Å². The summed E-state index contributed by atoms with van der Waals surface area (Å²) in [4.78, 5) is 11.8. The van der Waals surface area contributed by atoms with Crippen molar-refractivity contribution in [2.24, 2.45) is 0 Å². The summed E-state index contributed by atoms with van der Waals surface area (Å²) < 4.78 is 26.8. The Balaban J connectivity index is 2.23. The van der Waals surface area contributed by atoms with Gasteiger partial charge in [0.25, 0.3) is 5.91 Å². The molecule has 0 saturated heterocycles. The highest BCUT2D eigenvalue weighted by Crippen LogP contribution is 2.17. The van der Waals surface area contributed by atoms with Crippen LogP contribution in [-0.4, -0.2) is 5.91 Å².